The Hall–Kier alpha value is -1.44. The van der Waals surface area contributed by atoms with E-state index in [9.17, 15) is 31.4 Å². The van der Waals surface area contributed by atoms with Gasteiger partial charge in [-0.2, -0.15) is 26.3 Å². The standard InChI is InChI=1S/C11H11F6NO/c1-5-3-7(8(18)4-6(5)2)9(19,10(12,13)14)11(15,16)17/h3-4,19H,18H2,1-2H3. The van der Waals surface area contributed by atoms with Crippen LogP contribution in [0.15, 0.2) is 12.1 Å². The van der Waals surface area contributed by atoms with Gasteiger partial charge in [-0.15, -0.1) is 0 Å². The largest absolute Gasteiger partial charge is 0.430 e. The average molecular weight is 287 g/mol. The van der Waals surface area contributed by atoms with E-state index in [0.717, 1.165) is 6.07 Å². The van der Waals surface area contributed by atoms with Crippen LogP contribution in [0.5, 0.6) is 0 Å². The van der Waals surface area contributed by atoms with Crippen LogP contribution >= 0.6 is 0 Å². The van der Waals surface area contributed by atoms with Crippen LogP contribution < -0.4 is 5.73 Å². The van der Waals surface area contributed by atoms with Crippen LogP contribution in [-0.2, 0) is 5.60 Å². The Morgan fingerprint density at radius 2 is 1.26 bits per heavy atom. The van der Waals surface area contributed by atoms with Gasteiger partial charge in [0.2, 0.25) is 0 Å². The molecule has 108 valence electrons. The molecule has 0 aliphatic rings. The molecule has 2 nitrogen and oxygen atoms in total. The molecule has 0 saturated heterocycles. The SMILES string of the molecule is Cc1cc(N)c(C(O)(C(F)(F)F)C(F)(F)F)cc1C. The fraction of sp³-hybridized carbons (Fsp3) is 0.455. The molecule has 0 radical (unpaired) electrons. The lowest BCUT2D eigenvalue weighted by molar-refractivity contribution is -0.376. The molecule has 0 atom stereocenters. The molecule has 0 aromatic heterocycles. The van der Waals surface area contributed by atoms with Crippen LogP contribution in [0.3, 0.4) is 0 Å². The highest BCUT2D eigenvalue weighted by atomic mass is 19.4. The average Bonchev–Trinajstić information content (AvgIpc) is 2.19. The maximum atomic E-state index is 12.7. The van der Waals surface area contributed by atoms with Crippen molar-refractivity contribution < 1.29 is 31.4 Å². The minimum Gasteiger partial charge on any atom is -0.398 e. The molecule has 0 spiro atoms. The predicted molar refractivity (Wildman–Crippen MR) is 56.3 cm³/mol. The van der Waals surface area contributed by atoms with Crippen LogP contribution in [0.2, 0.25) is 0 Å². The van der Waals surface area contributed by atoms with E-state index in [-0.39, 0.29) is 5.56 Å². The number of nitrogen functional groups attached to an aromatic ring is 1. The predicted octanol–water partition coefficient (Wildman–Crippen LogP) is 3.20. The number of aliphatic hydroxyl groups is 1. The molecule has 0 saturated carbocycles. The van der Waals surface area contributed by atoms with Gasteiger partial charge in [-0.05, 0) is 31.0 Å². The van der Waals surface area contributed by atoms with Crippen molar-refractivity contribution in [1.82, 2.24) is 0 Å². The van der Waals surface area contributed by atoms with Crippen molar-refractivity contribution >= 4 is 5.69 Å². The summed E-state index contributed by atoms with van der Waals surface area (Å²) < 4.78 is 76.0. The van der Waals surface area contributed by atoms with Crippen molar-refractivity contribution in [3.8, 4) is 0 Å². The van der Waals surface area contributed by atoms with Gasteiger partial charge in [0.15, 0.2) is 0 Å². The van der Waals surface area contributed by atoms with Crippen LogP contribution in [0, 0.1) is 13.8 Å². The van der Waals surface area contributed by atoms with Crippen molar-refractivity contribution in [2.75, 3.05) is 5.73 Å². The summed E-state index contributed by atoms with van der Waals surface area (Å²) in [6.07, 6.45) is -11.9. The number of nitrogens with two attached hydrogens (primary N) is 1. The van der Waals surface area contributed by atoms with Crippen molar-refractivity contribution in [2.24, 2.45) is 0 Å². The Labute approximate surface area is 104 Å². The third-order valence-electron chi connectivity index (χ3n) is 2.88. The third kappa shape index (κ3) is 2.36. The molecular weight excluding hydrogens is 276 g/mol. The summed E-state index contributed by atoms with van der Waals surface area (Å²) in [6, 6.07) is 1.57. The fourth-order valence-electron chi connectivity index (χ4n) is 1.62. The molecule has 0 heterocycles. The summed E-state index contributed by atoms with van der Waals surface area (Å²) in [5.74, 6) is 0. The second kappa shape index (κ2) is 4.29. The second-order valence-electron chi connectivity index (χ2n) is 4.23. The van der Waals surface area contributed by atoms with Crippen molar-refractivity contribution in [3.63, 3.8) is 0 Å². The smallest absolute Gasteiger partial charge is 0.398 e. The number of aryl methyl sites for hydroxylation is 2. The molecule has 0 aliphatic heterocycles. The Kier molecular flexibility index (Phi) is 3.53. The molecule has 1 aromatic rings. The van der Waals surface area contributed by atoms with E-state index in [0.29, 0.717) is 11.6 Å². The normalized spacial score (nSPS) is 13.7. The Bertz CT molecular complexity index is 477. The topological polar surface area (TPSA) is 46.2 Å². The van der Waals surface area contributed by atoms with Crippen molar-refractivity contribution in [2.45, 2.75) is 31.8 Å². The summed E-state index contributed by atoms with van der Waals surface area (Å²) in [5.41, 5.74) is -1.36. The van der Waals surface area contributed by atoms with E-state index in [1.807, 2.05) is 0 Å². The van der Waals surface area contributed by atoms with E-state index in [1.165, 1.54) is 13.8 Å². The number of halogens is 6. The lowest BCUT2D eigenvalue weighted by atomic mass is 9.88. The van der Waals surface area contributed by atoms with Crippen LogP contribution in [0.25, 0.3) is 0 Å². The zero-order chi connectivity index (χ0) is 15.2. The molecule has 0 fully saturated rings. The van der Waals surface area contributed by atoms with Gasteiger partial charge in [0.25, 0.3) is 5.60 Å². The van der Waals surface area contributed by atoms with Gasteiger partial charge in [0, 0.05) is 11.3 Å². The summed E-state index contributed by atoms with van der Waals surface area (Å²) in [6.45, 7) is 2.81. The first-order valence-corrected chi connectivity index (χ1v) is 5.05. The molecule has 3 N–H and O–H groups in total. The lowest BCUT2D eigenvalue weighted by Gasteiger charge is -2.33. The number of anilines is 1. The first kappa shape index (κ1) is 15.6. The Balaban J connectivity index is 3.66. The van der Waals surface area contributed by atoms with E-state index in [4.69, 9.17) is 5.73 Å². The Morgan fingerprint density at radius 1 is 0.895 bits per heavy atom. The molecule has 8 heteroatoms. The number of benzene rings is 1. The van der Waals surface area contributed by atoms with Gasteiger partial charge in [-0.1, -0.05) is 6.07 Å². The van der Waals surface area contributed by atoms with E-state index >= 15 is 0 Å². The van der Waals surface area contributed by atoms with Gasteiger partial charge in [0.1, 0.15) is 0 Å². The molecule has 0 aliphatic carbocycles. The molecule has 1 rings (SSSR count). The highest BCUT2D eigenvalue weighted by molar-refractivity contribution is 5.55. The zero-order valence-corrected chi connectivity index (χ0v) is 9.95. The number of hydrogen-bond acceptors (Lipinski definition) is 2. The molecule has 0 unspecified atom stereocenters. The summed E-state index contributed by atoms with van der Waals surface area (Å²) >= 11 is 0. The lowest BCUT2D eigenvalue weighted by Crippen LogP contribution is -2.54. The van der Waals surface area contributed by atoms with E-state index in [1.54, 1.807) is 0 Å². The molecule has 0 bridgehead atoms. The Morgan fingerprint density at radius 3 is 1.63 bits per heavy atom. The van der Waals surface area contributed by atoms with E-state index < -0.39 is 29.2 Å². The monoisotopic (exact) mass is 287 g/mol. The molecule has 1 aromatic carbocycles. The van der Waals surface area contributed by atoms with Gasteiger partial charge >= 0.3 is 12.4 Å². The second-order valence-corrected chi connectivity index (χ2v) is 4.23. The third-order valence-corrected chi connectivity index (χ3v) is 2.88. The van der Waals surface area contributed by atoms with Crippen molar-refractivity contribution in [3.05, 3.63) is 28.8 Å². The molecule has 19 heavy (non-hydrogen) atoms. The maximum absolute atomic E-state index is 12.7. The highest BCUT2D eigenvalue weighted by Gasteiger charge is 2.72. The number of rotatable bonds is 1. The number of alkyl halides is 6. The summed E-state index contributed by atoms with van der Waals surface area (Å²) in [4.78, 5) is 0. The first-order chi connectivity index (χ1) is 8.32. The van der Waals surface area contributed by atoms with Gasteiger partial charge in [-0.25, -0.2) is 0 Å². The first-order valence-electron chi connectivity index (χ1n) is 5.05. The van der Waals surface area contributed by atoms with Crippen LogP contribution in [-0.4, -0.2) is 17.5 Å². The minimum absolute atomic E-state index is 0.163. The van der Waals surface area contributed by atoms with E-state index in [2.05, 4.69) is 0 Å². The zero-order valence-electron chi connectivity index (χ0n) is 9.95. The highest BCUT2D eigenvalue weighted by Crippen LogP contribution is 2.51. The van der Waals surface area contributed by atoms with Crippen LogP contribution in [0.1, 0.15) is 16.7 Å². The van der Waals surface area contributed by atoms with Gasteiger partial charge < -0.3 is 10.8 Å². The van der Waals surface area contributed by atoms with Gasteiger partial charge in [-0.3, -0.25) is 0 Å². The summed E-state index contributed by atoms with van der Waals surface area (Å²) in [5, 5.41) is 9.22. The molecular formula is C11H11F6NO. The minimum atomic E-state index is -5.93. The molecule has 0 amide bonds. The fourth-order valence-corrected chi connectivity index (χ4v) is 1.62. The quantitative estimate of drug-likeness (QED) is 0.615. The summed E-state index contributed by atoms with van der Waals surface area (Å²) in [7, 11) is 0. The van der Waals surface area contributed by atoms with Gasteiger partial charge in [0.05, 0.1) is 0 Å². The number of hydrogen-bond donors (Lipinski definition) is 2. The van der Waals surface area contributed by atoms with Crippen LogP contribution in [0.4, 0.5) is 32.0 Å². The van der Waals surface area contributed by atoms with Crippen molar-refractivity contribution in [1.29, 1.82) is 0 Å². The maximum Gasteiger partial charge on any atom is 0.430 e.